The number of nitrogens with one attached hydrogen (secondary N) is 1. The summed E-state index contributed by atoms with van der Waals surface area (Å²) in [4.78, 5) is 21.0. The van der Waals surface area contributed by atoms with E-state index in [0.717, 1.165) is 18.9 Å². The van der Waals surface area contributed by atoms with E-state index in [2.05, 4.69) is 15.3 Å². The Morgan fingerprint density at radius 1 is 1.67 bits per heavy atom. The monoisotopic (exact) mass is 206 g/mol. The number of aromatic nitrogens is 2. The third kappa shape index (κ3) is 2.23. The van der Waals surface area contributed by atoms with Gasteiger partial charge in [-0.15, -0.1) is 0 Å². The van der Waals surface area contributed by atoms with Crippen LogP contribution in [-0.4, -0.2) is 39.9 Å². The molecule has 1 N–H and O–H groups in total. The molecule has 80 valence electrons. The molecule has 2 rings (SSSR count). The van der Waals surface area contributed by atoms with Crippen molar-refractivity contribution in [1.82, 2.24) is 14.9 Å². The van der Waals surface area contributed by atoms with Gasteiger partial charge in [-0.3, -0.25) is 4.79 Å². The average Bonchev–Trinajstić information content (AvgIpc) is 2.23. The lowest BCUT2D eigenvalue weighted by molar-refractivity contribution is -0.134. The predicted octanol–water partition coefficient (Wildman–Crippen LogP) is 0.509. The topological polar surface area (TPSA) is 58.1 Å². The van der Waals surface area contributed by atoms with Gasteiger partial charge >= 0.3 is 0 Å². The first-order chi connectivity index (χ1) is 7.29. The lowest BCUT2D eigenvalue weighted by Gasteiger charge is -2.39. The quantitative estimate of drug-likeness (QED) is 0.782. The van der Waals surface area contributed by atoms with Crippen molar-refractivity contribution in [3.63, 3.8) is 0 Å². The number of nitrogens with zero attached hydrogens (tertiary/aromatic N) is 3. The normalized spacial score (nSPS) is 15.9. The summed E-state index contributed by atoms with van der Waals surface area (Å²) in [5.41, 5.74) is 0. The highest BCUT2D eigenvalue weighted by Crippen LogP contribution is 2.13. The molecule has 2 heterocycles. The van der Waals surface area contributed by atoms with E-state index in [-0.39, 0.29) is 5.91 Å². The van der Waals surface area contributed by atoms with Crippen molar-refractivity contribution >= 4 is 11.7 Å². The van der Waals surface area contributed by atoms with Crippen LogP contribution in [-0.2, 0) is 4.79 Å². The van der Waals surface area contributed by atoms with Gasteiger partial charge in [0, 0.05) is 25.7 Å². The van der Waals surface area contributed by atoms with E-state index in [4.69, 9.17) is 0 Å². The molecule has 15 heavy (non-hydrogen) atoms. The molecule has 1 aromatic rings. The Morgan fingerprint density at radius 3 is 3.07 bits per heavy atom. The number of hydrogen-bond acceptors (Lipinski definition) is 4. The number of hydrogen-bond donors (Lipinski definition) is 1. The second-order valence-electron chi connectivity index (χ2n) is 3.59. The van der Waals surface area contributed by atoms with E-state index < -0.39 is 0 Å². The van der Waals surface area contributed by atoms with Gasteiger partial charge in [0.2, 0.25) is 5.91 Å². The molecule has 5 heteroatoms. The van der Waals surface area contributed by atoms with Crippen molar-refractivity contribution < 1.29 is 4.79 Å². The van der Waals surface area contributed by atoms with E-state index >= 15 is 0 Å². The summed E-state index contributed by atoms with van der Waals surface area (Å²) in [5.74, 6) is 1.04. The van der Waals surface area contributed by atoms with E-state index in [1.165, 1.54) is 6.33 Å². The van der Waals surface area contributed by atoms with E-state index in [0.29, 0.717) is 12.5 Å². The summed E-state index contributed by atoms with van der Waals surface area (Å²) >= 11 is 0. The molecule has 1 aromatic heterocycles. The molecule has 0 aromatic carbocycles. The molecule has 1 amide bonds. The Morgan fingerprint density at radius 2 is 2.47 bits per heavy atom. The van der Waals surface area contributed by atoms with Gasteiger partial charge in [-0.2, -0.15) is 0 Å². The number of carbonyl (C=O) groups excluding carboxylic acids is 1. The fourth-order valence-corrected chi connectivity index (χ4v) is 1.58. The Kier molecular flexibility index (Phi) is 2.80. The lowest BCUT2D eigenvalue weighted by Crippen LogP contribution is -2.56. The highest BCUT2D eigenvalue weighted by Gasteiger charge is 2.29. The second kappa shape index (κ2) is 4.25. The number of likely N-dealkylation sites (tertiary alicyclic amines) is 1. The van der Waals surface area contributed by atoms with Crippen molar-refractivity contribution in [1.29, 1.82) is 0 Å². The van der Waals surface area contributed by atoms with Crippen molar-refractivity contribution in [2.24, 2.45) is 0 Å². The van der Waals surface area contributed by atoms with Gasteiger partial charge < -0.3 is 10.2 Å². The summed E-state index contributed by atoms with van der Waals surface area (Å²) in [7, 11) is 0. The standard InChI is InChI=1S/C10H14N4O/c1-2-10(15)14-5-8(6-14)13-9-3-4-11-7-12-9/h3-4,7-8H,2,5-6H2,1H3,(H,11,12,13). The fourth-order valence-electron chi connectivity index (χ4n) is 1.58. The maximum Gasteiger partial charge on any atom is 0.222 e. The zero-order valence-electron chi connectivity index (χ0n) is 8.68. The maximum absolute atomic E-state index is 11.3. The molecule has 5 nitrogen and oxygen atoms in total. The Hall–Kier alpha value is -1.65. The molecule has 0 radical (unpaired) electrons. The van der Waals surface area contributed by atoms with Gasteiger partial charge in [-0.1, -0.05) is 6.92 Å². The van der Waals surface area contributed by atoms with Crippen molar-refractivity contribution in [3.8, 4) is 0 Å². The van der Waals surface area contributed by atoms with Gasteiger partial charge in [-0.05, 0) is 6.07 Å². The highest BCUT2D eigenvalue weighted by atomic mass is 16.2. The Balaban J connectivity index is 1.79. The number of carbonyl (C=O) groups is 1. The first kappa shape index (κ1) is 9.89. The van der Waals surface area contributed by atoms with Crippen molar-refractivity contribution in [2.45, 2.75) is 19.4 Å². The number of amides is 1. The number of anilines is 1. The first-order valence-corrected chi connectivity index (χ1v) is 5.10. The largest absolute Gasteiger partial charge is 0.364 e. The zero-order chi connectivity index (χ0) is 10.7. The van der Waals surface area contributed by atoms with Gasteiger partial charge in [-0.25, -0.2) is 9.97 Å². The van der Waals surface area contributed by atoms with Crippen molar-refractivity contribution in [3.05, 3.63) is 18.6 Å². The maximum atomic E-state index is 11.3. The zero-order valence-corrected chi connectivity index (χ0v) is 8.68. The summed E-state index contributed by atoms with van der Waals surface area (Å²) in [6, 6.07) is 2.15. The molecule has 0 saturated carbocycles. The van der Waals surface area contributed by atoms with Crippen LogP contribution in [0.25, 0.3) is 0 Å². The van der Waals surface area contributed by atoms with Crippen LogP contribution in [0.3, 0.4) is 0 Å². The molecule has 1 aliphatic heterocycles. The van der Waals surface area contributed by atoms with E-state index in [9.17, 15) is 4.79 Å². The van der Waals surface area contributed by atoms with Crippen LogP contribution in [0.5, 0.6) is 0 Å². The van der Waals surface area contributed by atoms with E-state index in [1.54, 1.807) is 6.20 Å². The van der Waals surface area contributed by atoms with Crippen molar-refractivity contribution in [2.75, 3.05) is 18.4 Å². The van der Waals surface area contributed by atoms with Gasteiger partial charge in [0.15, 0.2) is 0 Å². The lowest BCUT2D eigenvalue weighted by atomic mass is 10.1. The molecular weight excluding hydrogens is 192 g/mol. The van der Waals surface area contributed by atoms with Crippen LogP contribution in [0.1, 0.15) is 13.3 Å². The highest BCUT2D eigenvalue weighted by molar-refractivity contribution is 5.77. The average molecular weight is 206 g/mol. The molecule has 1 aliphatic rings. The van der Waals surface area contributed by atoms with Gasteiger partial charge in [0.1, 0.15) is 12.1 Å². The smallest absolute Gasteiger partial charge is 0.222 e. The van der Waals surface area contributed by atoms with Crippen LogP contribution in [0.2, 0.25) is 0 Å². The molecule has 0 aliphatic carbocycles. The van der Waals surface area contributed by atoms with E-state index in [1.807, 2.05) is 17.9 Å². The minimum Gasteiger partial charge on any atom is -0.364 e. The van der Waals surface area contributed by atoms with Crippen LogP contribution in [0, 0.1) is 0 Å². The molecule has 1 fully saturated rings. The summed E-state index contributed by atoms with van der Waals surface area (Å²) in [6.07, 6.45) is 3.79. The molecule has 1 saturated heterocycles. The minimum atomic E-state index is 0.218. The first-order valence-electron chi connectivity index (χ1n) is 5.10. The Labute approximate surface area is 88.5 Å². The van der Waals surface area contributed by atoms with Crippen LogP contribution in [0.15, 0.2) is 18.6 Å². The predicted molar refractivity (Wildman–Crippen MR) is 56.3 cm³/mol. The SMILES string of the molecule is CCC(=O)N1CC(Nc2ccncn2)C1. The molecule has 0 unspecified atom stereocenters. The van der Waals surface area contributed by atoms with Gasteiger partial charge in [0.05, 0.1) is 6.04 Å². The van der Waals surface area contributed by atoms with Crippen LogP contribution < -0.4 is 5.32 Å². The van der Waals surface area contributed by atoms with Gasteiger partial charge in [0.25, 0.3) is 0 Å². The molecule has 0 bridgehead atoms. The number of rotatable bonds is 3. The second-order valence-corrected chi connectivity index (χ2v) is 3.59. The fraction of sp³-hybridized carbons (Fsp3) is 0.500. The molecule has 0 spiro atoms. The van der Waals surface area contributed by atoms with Crippen LogP contribution in [0.4, 0.5) is 5.82 Å². The van der Waals surface area contributed by atoms with Crippen LogP contribution >= 0.6 is 0 Å². The Bertz CT molecular complexity index is 335. The molecule has 0 atom stereocenters. The third-order valence-electron chi connectivity index (χ3n) is 2.47. The molecular formula is C10H14N4O. The summed E-state index contributed by atoms with van der Waals surface area (Å²) in [6.45, 7) is 3.43. The third-order valence-corrected chi connectivity index (χ3v) is 2.47. The summed E-state index contributed by atoms with van der Waals surface area (Å²) in [5, 5.41) is 3.24. The minimum absolute atomic E-state index is 0.218. The summed E-state index contributed by atoms with van der Waals surface area (Å²) < 4.78 is 0.